The number of hydrogen-bond acceptors (Lipinski definition) is 4. The van der Waals surface area contributed by atoms with E-state index in [9.17, 15) is 19.5 Å². The van der Waals surface area contributed by atoms with Gasteiger partial charge >= 0.3 is 12.1 Å². The van der Waals surface area contributed by atoms with Crippen LogP contribution in [0.4, 0.5) is 4.79 Å². The van der Waals surface area contributed by atoms with Crippen molar-refractivity contribution < 1.29 is 24.2 Å². The number of carbonyl (C=O) groups excluding carboxylic acids is 2. The number of aliphatic carboxylic acids is 1. The number of carboxylic acids is 1. The van der Waals surface area contributed by atoms with E-state index >= 15 is 0 Å². The van der Waals surface area contributed by atoms with Crippen molar-refractivity contribution in [1.29, 1.82) is 0 Å². The highest BCUT2D eigenvalue weighted by Crippen LogP contribution is 2.44. The maximum atomic E-state index is 12.9. The Balaban J connectivity index is 1.37. The summed E-state index contributed by atoms with van der Waals surface area (Å²) < 4.78 is 5.61. The molecule has 34 heavy (non-hydrogen) atoms. The van der Waals surface area contributed by atoms with Crippen molar-refractivity contribution in [2.45, 2.75) is 57.5 Å². The Kier molecular flexibility index (Phi) is 7.20. The van der Waals surface area contributed by atoms with Gasteiger partial charge in [-0.2, -0.15) is 0 Å². The minimum Gasteiger partial charge on any atom is -0.481 e. The average Bonchev–Trinajstić information content (AvgIpc) is 3.40. The standard InChI is InChI=1S/C27H32N2O5/c1-16(2)13-24(25(30)28-18-12-11-17(14-18)26(31)32)29-27(33)34-15-23-21-9-5-3-7-19(21)20-8-4-6-10-22(20)23/h3-10,16-18,23-24H,11-15H2,1-2H3,(H,28,30)(H,29,33)(H,31,32)/t17-,18+,24+/m1/s1. The molecule has 7 nitrogen and oxygen atoms in total. The van der Waals surface area contributed by atoms with E-state index < -0.39 is 24.0 Å². The molecule has 3 atom stereocenters. The van der Waals surface area contributed by atoms with Crippen molar-refractivity contribution in [2.75, 3.05) is 6.61 Å². The molecule has 1 fully saturated rings. The lowest BCUT2D eigenvalue weighted by atomic mass is 9.98. The predicted octanol–water partition coefficient (Wildman–Crippen LogP) is 4.31. The molecule has 180 valence electrons. The molecule has 0 bridgehead atoms. The number of amides is 2. The molecule has 2 amide bonds. The zero-order chi connectivity index (χ0) is 24.2. The number of ether oxygens (including phenoxy) is 1. The molecule has 0 radical (unpaired) electrons. The summed E-state index contributed by atoms with van der Waals surface area (Å²) in [5, 5.41) is 14.9. The molecule has 2 aromatic rings. The second kappa shape index (κ2) is 10.3. The smallest absolute Gasteiger partial charge is 0.407 e. The highest BCUT2D eigenvalue weighted by molar-refractivity contribution is 5.86. The molecule has 0 aliphatic heterocycles. The number of carboxylic acid groups (broad SMARTS) is 1. The molecule has 2 aromatic carbocycles. The molecule has 2 aliphatic carbocycles. The first-order valence-corrected chi connectivity index (χ1v) is 12.0. The Labute approximate surface area is 199 Å². The Hall–Kier alpha value is -3.35. The summed E-state index contributed by atoms with van der Waals surface area (Å²) in [4.78, 5) is 36.8. The van der Waals surface area contributed by atoms with Crippen LogP contribution in [0.3, 0.4) is 0 Å². The van der Waals surface area contributed by atoms with Crippen LogP contribution in [0.2, 0.25) is 0 Å². The molecule has 2 aliphatic rings. The number of hydrogen-bond donors (Lipinski definition) is 3. The fraction of sp³-hybridized carbons (Fsp3) is 0.444. The van der Waals surface area contributed by atoms with E-state index in [2.05, 4.69) is 34.9 Å². The van der Waals surface area contributed by atoms with Gasteiger partial charge in [0.15, 0.2) is 0 Å². The summed E-state index contributed by atoms with van der Waals surface area (Å²) in [6.07, 6.45) is 1.43. The molecule has 7 heteroatoms. The largest absolute Gasteiger partial charge is 0.481 e. The number of carbonyl (C=O) groups is 3. The zero-order valence-electron chi connectivity index (χ0n) is 19.6. The van der Waals surface area contributed by atoms with Gasteiger partial charge in [0.25, 0.3) is 0 Å². The maximum Gasteiger partial charge on any atom is 0.407 e. The topological polar surface area (TPSA) is 105 Å². The summed E-state index contributed by atoms with van der Waals surface area (Å²) in [5.74, 6) is -1.42. The van der Waals surface area contributed by atoms with Crippen molar-refractivity contribution in [3.8, 4) is 11.1 Å². The summed E-state index contributed by atoms with van der Waals surface area (Å²) >= 11 is 0. The van der Waals surface area contributed by atoms with E-state index in [1.807, 2.05) is 38.1 Å². The van der Waals surface area contributed by atoms with Crippen molar-refractivity contribution in [2.24, 2.45) is 11.8 Å². The van der Waals surface area contributed by atoms with Crippen LogP contribution in [0.5, 0.6) is 0 Å². The highest BCUT2D eigenvalue weighted by Gasteiger charge is 2.33. The van der Waals surface area contributed by atoms with E-state index in [0.717, 1.165) is 22.3 Å². The van der Waals surface area contributed by atoms with Crippen molar-refractivity contribution in [1.82, 2.24) is 10.6 Å². The molecule has 4 rings (SSSR count). The summed E-state index contributed by atoms with van der Waals surface area (Å²) in [5.41, 5.74) is 4.56. The van der Waals surface area contributed by atoms with Crippen LogP contribution in [0.15, 0.2) is 48.5 Å². The highest BCUT2D eigenvalue weighted by atomic mass is 16.5. The molecule has 3 N–H and O–H groups in total. The SMILES string of the molecule is CC(C)C[C@H](NC(=O)OCC1c2ccccc2-c2ccccc21)C(=O)N[C@H]1CC[C@@H](C(=O)O)C1. The molecular weight excluding hydrogens is 432 g/mol. The van der Waals surface area contributed by atoms with Crippen LogP contribution in [-0.2, 0) is 14.3 Å². The quantitative estimate of drug-likeness (QED) is 0.540. The van der Waals surface area contributed by atoms with Crippen LogP contribution in [-0.4, -0.2) is 41.8 Å². The fourth-order valence-electron chi connectivity index (χ4n) is 5.12. The third-order valence-electron chi connectivity index (χ3n) is 6.79. The first-order chi connectivity index (χ1) is 16.3. The van der Waals surface area contributed by atoms with Crippen molar-refractivity contribution >= 4 is 18.0 Å². The van der Waals surface area contributed by atoms with Gasteiger partial charge in [0.1, 0.15) is 12.6 Å². The minimum atomic E-state index is -0.827. The first-order valence-electron chi connectivity index (χ1n) is 12.0. The molecule has 0 spiro atoms. The van der Waals surface area contributed by atoms with Crippen molar-refractivity contribution in [3.63, 3.8) is 0 Å². The molecule has 0 unspecified atom stereocenters. The molecule has 0 aromatic heterocycles. The average molecular weight is 465 g/mol. The Morgan fingerprint density at radius 3 is 2.18 bits per heavy atom. The van der Waals surface area contributed by atoms with Gasteiger partial charge in [0.2, 0.25) is 5.91 Å². The first kappa shape index (κ1) is 23.8. The Morgan fingerprint density at radius 2 is 1.62 bits per heavy atom. The van der Waals surface area contributed by atoms with Crippen LogP contribution in [0, 0.1) is 11.8 Å². The van der Waals surface area contributed by atoms with Gasteiger partial charge in [0.05, 0.1) is 5.92 Å². The van der Waals surface area contributed by atoms with Gasteiger partial charge in [-0.05, 0) is 53.9 Å². The number of fused-ring (bicyclic) bond motifs is 3. The lowest BCUT2D eigenvalue weighted by Gasteiger charge is -2.23. The summed E-state index contributed by atoms with van der Waals surface area (Å²) in [6.45, 7) is 4.14. The number of benzene rings is 2. The molecule has 0 saturated heterocycles. The van der Waals surface area contributed by atoms with Gasteiger partial charge in [-0.25, -0.2) is 4.79 Å². The van der Waals surface area contributed by atoms with E-state index in [4.69, 9.17) is 4.74 Å². The van der Waals surface area contributed by atoms with Crippen LogP contribution >= 0.6 is 0 Å². The van der Waals surface area contributed by atoms with Gasteiger partial charge in [-0.3, -0.25) is 9.59 Å². The molecular formula is C27H32N2O5. The lowest BCUT2D eigenvalue weighted by molar-refractivity contribution is -0.141. The summed E-state index contributed by atoms with van der Waals surface area (Å²) in [6, 6.07) is 15.3. The maximum absolute atomic E-state index is 12.9. The molecule has 1 saturated carbocycles. The third-order valence-corrected chi connectivity index (χ3v) is 6.79. The summed E-state index contributed by atoms with van der Waals surface area (Å²) in [7, 11) is 0. The lowest BCUT2D eigenvalue weighted by Crippen LogP contribution is -2.50. The van der Waals surface area contributed by atoms with E-state index in [0.29, 0.717) is 25.7 Å². The van der Waals surface area contributed by atoms with E-state index in [1.54, 1.807) is 0 Å². The molecule has 0 heterocycles. The monoisotopic (exact) mass is 464 g/mol. The van der Waals surface area contributed by atoms with E-state index in [1.165, 1.54) is 0 Å². The predicted molar refractivity (Wildman–Crippen MR) is 128 cm³/mol. The van der Waals surface area contributed by atoms with Crippen LogP contribution < -0.4 is 10.6 Å². The van der Waals surface area contributed by atoms with Gasteiger partial charge in [-0.1, -0.05) is 62.4 Å². The Morgan fingerprint density at radius 1 is 1.00 bits per heavy atom. The second-order valence-corrected chi connectivity index (χ2v) is 9.71. The zero-order valence-corrected chi connectivity index (χ0v) is 19.6. The van der Waals surface area contributed by atoms with Gasteiger partial charge in [-0.15, -0.1) is 0 Å². The second-order valence-electron chi connectivity index (χ2n) is 9.71. The normalized spacial score (nSPS) is 19.9. The van der Waals surface area contributed by atoms with Crippen LogP contribution in [0.25, 0.3) is 11.1 Å². The van der Waals surface area contributed by atoms with Gasteiger partial charge in [0, 0.05) is 12.0 Å². The number of rotatable bonds is 8. The van der Waals surface area contributed by atoms with Crippen molar-refractivity contribution in [3.05, 3.63) is 59.7 Å². The third kappa shape index (κ3) is 5.24. The van der Waals surface area contributed by atoms with Gasteiger partial charge < -0.3 is 20.5 Å². The fourth-order valence-corrected chi connectivity index (χ4v) is 5.12. The Bertz CT molecular complexity index is 1020. The minimum absolute atomic E-state index is 0.0537. The van der Waals surface area contributed by atoms with Crippen LogP contribution in [0.1, 0.15) is 56.6 Å². The van der Waals surface area contributed by atoms with E-state index in [-0.39, 0.29) is 30.4 Å². The number of nitrogens with one attached hydrogen (secondary N) is 2. The number of alkyl carbamates (subject to hydrolysis) is 1.